The van der Waals surface area contributed by atoms with Crippen molar-refractivity contribution in [3.05, 3.63) is 0 Å². The molecule has 0 radical (unpaired) electrons. The molecule has 0 aromatic carbocycles. The van der Waals surface area contributed by atoms with Crippen molar-refractivity contribution < 1.29 is 0 Å². The van der Waals surface area contributed by atoms with Gasteiger partial charge < -0.3 is 10.2 Å². The fourth-order valence-electron chi connectivity index (χ4n) is 1.78. The molecular weight excluding hydrogens is 178 g/mol. The summed E-state index contributed by atoms with van der Waals surface area (Å²) in [6.07, 6.45) is 2.28. The van der Waals surface area contributed by atoms with Gasteiger partial charge in [-0.15, -0.1) is 0 Å². The van der Waals surface area contributed by atoms with Crippen LogP contribution in [0.5, 0.6) is 0 Å². The number of nitrogens with one attached hydrogen (secondary N) is 2. The van der Waals surface area contributed by atoms with Gasteiger partial charge in [-0.25, -0.2) is 5.84 Å². The Morgan fingerprint density at radius 2 is 2.29 bits per heavy atom. The average molecular weight is 199 g/mol. The summed E-state index contributed by atoms with van der Waals surface area (Å²) in [6, 6.07) is 1.10. The molecule has 4 N–H and O–H groups in total. The molecule has 82 valence electrons. The van der Waals surface area contributed by atoms with Crippen molar-refractivity contribution in [1.82, 2.24) is 15.6 Å². The lowest BCUT2D eigenvalue weighted by Crippen LogP contribution is -2.51. The van der Waals surface area contributed by atoms with Gasteiger partial charge in [-0.2, -0.15) is 0 Å². The standard InChI is InChI=1S/C9H21N5/c1-7-6-8(4-5-14(7)3)12-9(11-2)13-10/h7-8H,4-6,10H2,1-3H3,(H2,11,12,13). The predicted molar refractivity (Wildman–Crippen MR) is 58.9 cm³/mol. The summed E-state index contributed by atoms with van der Waals surface area (Å²) in [5, 5.41) is 3.29. The van der Waals surface area contributed by atoms with Gasteiger partial charge in [-0.05, 0) is 26.8 Å². The van der Waals surface area contributed by atoms with Crippen LogP contribution >= 0.6 is 0 Å². The number of piperidine rings is 1. The molecule has 0 saturated carbocycles. The Balaban J connectivity index is 2.40. The lowest BCUT2D eigenvalue weighted by Gasteiger charge is -2.35. The average Bonchev–Trinajstić information content (AvgIpc) is 2.19. The highest BCUT2D eigenvalue weighted by molar-refractivity contribution is 5.79. The van der Waals surface area contributed by atoms with Gasteiger partial charge in [0, 0.05) is 25.7 Å². The summed E-state index contributed by atoms with van der Waals surface area (Å²) >= 11 is 0. The molecule has 0 spiro atoms. The number of likely N-dealkylation sites (tertiary alicyclic amines) is 1. The Labute approximate surface area is 85.7 Å². The van der Waals surface area contributed by atoms with Crippen molar-refractivity contribution in [3.8, 4) is 0 Å². The zero-order valence-corrected chi connectivity index (χ0v) is 9.25. The Kier molecular flexibility index (Phi) is 4.16. The van der Waals surface area contributed by atoms with Gasteiger partial charge in [0.2, 0.25) is 5.96 Å². The molecule has 2 atom stereocenters. The van der Waals surface area contributed by atoms with Gasteiger partial charge in [0.25, 0.3) is 0 Å². The van der Waals surface area contributed by atoms with E-state index in [2.05, 4.69) is 34.6 Å². The highest BCUT2D eigenvalue weighted by atomic mass is 15.3. The van der Waals surface area contributed by atoms with Crippen molar-refractivity contribution in [2.75, 3.05) is 20.6 Å². The highest BCUT2D eigenvalue weighted by Gasteiger charge is 2.22. The molecule has 1 rings (SSSR count). The van der Waals surface area contributed by atoms with Crippen LogP contribution in [0.15, 0.2) is 4.99 Å². The van der Waals surface area contributed by atoms with Gasteiger partial charge in [0.05, 0.1) is 0 Å². The van der Waals surface area contributed by atoms with Gasteiger partial charge in [0.1, 0.15) is 0 Å². The Bertz CT molecular complexity index is 203. The third-order valence-corrected chi connectivity index (χ3v) is 2.91. The zero-order valence-electron chi connectivity index (χ0n) is 9.25. The van der Waals surface area contributed by atoms with Crippen LogP contribution in [-0.4, -0.2) is 43.6 Å². The Hall–Kier alpha value is -0.810. The van der Waals surface area contributed by atoms with Gasteiger partial charge in [-0.1, -0.05) is 0 Å². The second kappa shape index (κ2) is 5.17. The quantitative estimate of drug-likeness (QED) is 0.231. The van der Waals surface area contributed by atoms with E-state index in [0.29, 0.717) is 18.0 Å². The van der Waals surface area contributed by atoms with E-state index >= 15 is 0 Å². The fourth-order valence-corrected chi connectivity index (χ4v) is 1.78. The van der Waals surface area contributed by atoms with Crippen LogP contribution in [0.1, 0.15) is 19.8 Å². The molecular formula is C9H21N5. The van der Waals surface area contributed by atoms with E-state index in [-0.39, 0.29) is 0 Å². The molecule has 5 heteroatoms. The van der Waals surface area contributed by atoms with E-state index < -0.39 is 0 Å². The Morgan fingerprint density at radius 3 is 2.79 bits per heavy atom. The van der Waals surface area contributed by atoms with Crippen molar-refractivity contribution >= 4 is 5.96 Å². The number of hydrazine groups is 1. The highest BCUT2D eigenvalue weighted by Crippen LogP contribution is 2.14. The fraction of sp³-hybridized carbons (Fsp3) is 0.889. The number of hydrogen-bond donors (Lipinski definition) is 3. The predicted octanol–water partition coefficient (Wildman–Crippen LogP) is -0.492. The SMILES string of the molecule is CN=C(NN)NC1CCN(C)C(C)C1. The first-order valence-electron chi connectivity index (χ1n) is 5.07. The maximum absolute atomic E-state index is 5.31. The van der Waals surface area contributed by atoms with Crippen LogP contribution in [0, 0.1) is 0 Å². The van der Waals surface area contributed by atoms with Crippen molar-refractivity contribution in [2.24, 2.45) is 10.8 Å². The molecule has 1 heterocycles. The zero-order chi connectivity index (χ0) is 10.6. The number of aliphatic imine (C=N–C) groups is 1. The van der Waals surface area contributed by atoms with Crippen LogP contribution in [0.25, 0.3) is 0 Å². The van der Waals surface area contributed by atoms with E-state index in [1.807, 2.05) is 0 Å². The minimum atomic E-state index is 0.482. The number of hydrogen-bond acceptors (Lipinski definition) is 3. The molecule has 0 amide bonds. The smallest absolute Gasteiger partial charge is 0.205 e. The van der Waals surface area contributed by atoms with E-state index in [4.69, 9.17) is 5.84 Å². The molecule has 2 unspecified atom stereocenters. The molecule has 1 aliphatic heterocycles. The van der Waals surface area contributed by atoms with Gasteiger partial charge in [0.15, 0.2) is 0 Å². The largest absolute Gasteiger partial charge is 0.352 e. The molecule has 1 aliphatic rings. The summed E-state index contributed by atoms with van der Waals surface area (Å²) in [7, 11) is 3.89. The van der Waals surface area contributed by atoms with Crippen LogP contribution in [0.3, 0.4) is 0 Å². The first kappa shape index (κ1) is 11.3. The van der Waals surface area contributed by atoms with E-state index in [9.17, 15) is 0 Å². The number of guanidine groups is 1. The molecule has 1 saturated heterocycles. The second-order valence-corrected chi connectivity index (χ2v) is 3.91. The van der Waals surface area contributed by atoms with Gasteiger partial charge in [-0.3, -0.25) is 10.4 Å². The number of nitrogens with zero attached hydrogens (tertiary/aromatic N) is 2. The summed E-state index contributed by atoms with van der Waals surface area (Å²) in [6.45, 7) is 3.37. The first-order chi connectivity index (χ1) is 6.67. The summed E-state index contributed by atoms with van der Waals surface area (Å²) in [4.78, 5) is 6.37. The van der Waals surface area contributed by atoms with E-state index in [1.54, 1.807) is 7.05 Å². The molecule has 1 fully saturated rings. The maximum atomic E-state index is 5.31. The summed E-state index contributed by atoms with van der Waals surface area (Å²) in [5.74, 6) is 5.98. The maximum Gasteiger partial charge on any atom is 0.205 e. The summed E-state index contributed by atoms with van der Waals surface area (Å²) < 4.78 is 0. The minimum absolute atomic E-state index is 0.482. The van der Waals surface area contributed by atoms with Crippen molar-refractivity contribution in [1.29, 1.82) is 0 Å². The van der Waals surface area contributed by atoms with Crippen LogP contribution < -0.4 is 16.6 Å². The van der Waals surface area contributed by atoms with Crippen molar-refractivity contribution in [3.63, 3.8) is 0 Å². The van der Waals surface area contributed by atoms with Crippen LogP contribution in [0.2, 0.25) is 0 Å². The molecule has 0 aromatic heterocycles. The molecule has 0 aromatic rings. The first-order valence-corrected chi connectivity index (χ1v) is 5.07. The summed E-state index contributed by atoms with van der Waals surface area (Å²) in [5.41, 5.74) is 2.55. The van der Waals surface area contributed by atoms with Gasteiger partial charge >= 0.3 is 0 Å². The van der Waals surface area contributed by atoms with Crippen LogP contribution in [-0.2, 0) is 0 Å². The normalized spacial score (nSPS) is 30.1. The Morgan fingerprint density at radius 1 is 1.57 bits per heavy atom. The van der Waals surface area contributed by atoms with E-state index in [1.165, 1.54) is 0 Å². The van der Waals surface area contributed by atoms with Crippen molar-refractivity contribution in [2.45, 2.75) is 31.8 Å². The molecule has 0 aliphatic carbocycles. The molecule has 0 bridgehead atoms. The minimum Gasteiger partial charge on any atom is -0.352 e. The number of rotatable bonds is 1. The third kappa shape index (κ3) is 2.85. The monoisotopic (exact) mass is 199 g/mol. The topological polar surface area (TPSA) is 65.7 Å². The van der Waals surface area contributed by atoms with E-state index in [0.717, 1.165) is 19.4 Å². The second-order valence-electron chi connectivity index (χ2n) is 3.91. The lowest BCUT2D eigenvalue weighted by atomic mass is 9.99. The third-order valence-electron chi connectivity index (χ3n) is 2.91. The molecule has 5 nitrogen and oxygen atoms in total. The molecule has 14 heavy (non-hydrogen) atoms. The number of nitrogens with two attached hydrogens (primary N) is 1. The lowest BCUT2D eigenvalue weighted by molar-refractivity contribution is 0.176. The van der Waals surface area contributed by atoms with Crippen LogP contribution in [0.4, 0.5) is 0 Å².